The number of ether oxygens (including phenoxy) is 1. The van der Waals surface area contributed by atoms with Gasteiger partial charge in [0.2, 0.25) is 5.91 Å². The van der Waals surface area contributed by atoms with Crippen LogP contribution in [0, 0.1) is 0 Å². The fourth-order valence-corrected chi connectivity index (χ4v) is 2.18. The molecule has 1 aliphatic heterocycles. The number of hydrogen-bond acceptors (Lipinski definition) is 3. The van der Waals surface area contributed by atoms with Crippen molar-refractivity contribution in [2.75, 3.05) is 13.2 Å². The Bertz CT molecular complexity index is 539. The number of hydrogen-bond donors (Lipinski definition) is 1. The van der Waals surface area contributed by atoms with Crippen molar-refractivity contribution in [3.05, 3.63) is 23.5 Å². The number of nitrogens with zero attached hydrogens (tertiary/aromatic N) is 1. The van der Waals surface area contributed by atoms with Crippen LogP contribution in [0.5, 0.6) is 0 Å². The zero-order valence-corrected chi connectivity index (χ0v) is 11.4. The van der Waals surface area contributed by atoms with E-state index in [2.05, 4.69) is 9.72 Å². The molecule has 21 heavy (non-hydrogen) atoms. The summed E-state index contributed by atoms with van der Waals surface area (Å²) in [7, 11) is 0. The van der Waals surface area contributed by atoms with Crippen LogP contribution in [0.15, 0.2) is 12.1 Å². The molecular formula is C13H15F3N2O3. The maximum atomic E-state index is 13.2. The van der Waals surface area contributed by atoms with Gasteiger partial charge in [0.1, 0.15) is 12.5 Å². The van der Waals surface area contributed by atoms with Gasteiger partial charge in [0, 0.05) is 17.8 Å². The molecule has 1 aromatic rings. The lowest BCUT2D eigenvalue weighted by molar-refractivity contribution is -0.160. The van der Waals surface area contributed by atoms with Crippen molar-refractivity contribution < 1.29 is 27.5 Å². The zero-order valence-electron chi connectivity index (χ0n) is 11.4. The highest BCUT2D eigenvalue weighted by Gasteiger charge is 2.44. The van der Waals surface area contributed by atoms with E-state index in [0.29, 0.717) is 17.0 Å². The SMILES string of the molecule is CCc1ccc(C(CC(=O)N2CCOC2=O)C(F)(F)F)[nH]1. The third-order valence-corrected chi connectivity index (χ3v) is 3.36. The largest absolute Gasteiger partial charge is 0.447 e. The number of alkyl halides is 3. The average Bonchev–Trinajstić information content (AvgIpc) is 3.02. The van der Waals surface area contributed by atoms with E-state index in [0.717, 1.165) is 0 Å². The van der Waals surface area contributed by atoms with E-state index in [1.807, 2.05) is 6.92 Å². The van der Waals surface area contributed by atoms with Gasteiger partial charge < -0.3 is 9.72 Å². The van der Waals surface area contributed by atoms with Crippen molar-refractivity contribution in [1.29, 1.82) is 0 Å². The number of amides is 2. The maximum Gasteiger partial charge on any atom is 0.416 e. The van der Waals surface area contributed by atoms with E-state index < -0.39 is 30.5 Å². The maximum absolute atomic E-state index is 13.2. The first-order valence-corrected chi connectivity index (χ1v) is 6.54. The summed E-state index contributed by atoms with van der Waals surface area (Å²) in [6.45, 7) is 1.82. The fraction of sp³-hybridized carbons (Fsp3) is 0.538. The van der Waals surface area contributed by atoms with Crippen LogP contribution in [0.25, 0.3) is 0 Å². The second-order valence-electron chi connectivity index (χ2n) is 4.75. The highest BCUT2D eigenvalue weighted by Crippen LogP contribution is 2.37. The number of aryl methyl sites for hydroxylation is 1. The van der Waals surface area contributed by atoms with Crippen LogP contribution >= 0.6 is 0 Å². The van der Waals surface area contributed by atoms with E-state index in [1.54, 1.807) is 6.07 Å². The van der Waals surface area contributed by atoms with Crippen LogP contribution < -0.4 is 0 Å². The highest BCUT2D eigenvalue weighted by atomic mass is 19.4. The third-order valence-electron chi connectivity index (χ3n) is 3.36. The molecule has 116 valence electrons. The summed E-state index contributed by atoms with van der Waals surface area (Å²) in [6, 6.07) is 2.88. The van der Waals surface area contributed by atoms with Gasteiger partial charge in [0.05, 0.1) is 6.54 Å². The van der Waals surface area contributed by atoms with Gasteiger partial charge in [-0.05, 0) is 18.6 Å². The number of cyclic esters (lactones) is 1. The molecule has 1 unspecified atom stereocenters. The molecule has 1 aliphatic rings. The van der Waals surface area contributed by atoms with Gasteiger partial charge >= 0.3 is 12.3 Å². The first kappa shape index (κ1) is 15.4. The number of halogens is 3. The molecule has 0 radical (unpaired) electrons. The number of imide groups is 1. The van der Waals surface area contributed by atoms with Crippen molar-refractivity contribution in [2.45, 2.75) is 31.9 Å². The van der Waals surface area contributed by atoms with E-state index in [1.165, 1.54) is 6.07 Å². The Balaban J connectivity index is 2.17. The van der Waals surface area contributed by atoms with Crippen molar-refractivity contribution >= 4 is 12.0 Å². The molecule has 1 aromatic heterocycles. The Morgan fingerprint density at radius 1 is 1.48 bits per heavy atom. The second-order valence-corrected chi connectivity index (χ2v) is 4.75. The van der Waals surface area contributed by atoms with Crippen molar-refractivity contribution in [2.24, 2.45) is 0 Å². The lowest BCUT2D eigenvalue weighted by Crippen LogP contribution is -2.35. The van der Waals surface area contributed by atoms with E-state index in [9.17, 15) is 22.8 Å². The summed E-state index contributed by atoms with van der Waals surface area (Å²) >= 11 is 0. The number of carbonyl (C=O) groups excluding carboxylic acids is 2. The standard InChI is InChI=1S/C13H15F3N2O3/c1-2-8-3-4-10(17-8)9(13(14,15)16)7-11(19)18-5-6-21-12(18)20/h3-4,9,17H,2,5-7H2,1H3. The lowest BCUT2D eigenvalue weighted by Gasteiger charge is -2.20. The first-order valence-electron chi connectivity index (χ1n) is 6.54. The molecule has 1 N–H and O–H groups in total. The smallest absolute Gasteiger partial charge is 0.416 e. The van der Waals surface area contributed by atoms with Gasteiger partial charge in [-0.1, -0.05) is 6.92 Å². The summed E-state index contributed by atoms with van der Waals surface area (Å²) in [5.74, 6) is -2.84. The van der Waals surface area contributed by atoms with E-state index in [-0.39, 0.29) is 18.8 Å². The quantitative estimate of drug-likeness (QED) is 0.930. The molecule has 2 rings (SSSR count). The van der Waals surface area contributed by atoms with Gasteiger partial charge in [-0.15, -0.1) is 0 Å². The first-order chi connectivity index (χ1) is 9.82. The van der Waals surface area contributed by atoms with Crippen LogP contribution in [0.3, 0.4) is 0 Å². The van der Waals surface area contributed by atoms with Crippen LogP contribution in [0.2, 0.25) is 0 Å². The van der Waals surface area contributed by atoms with Crippen LogP contribution in [0.4, 0.5) is 18.0 Å². The minimum atomic E-state index is -4.57. The van der Waals surface area contributed by atoms with Crippen molar-refractivity contribution in [3.8, 4) is 0 Å². The number of aromatic nitrogens is 1. The second kappa shape index (κ2) is 5.79. The topological polar surface area (TPSA) is 62.4 Å². The molecule has 5 nitrogen and oxygen atoms in total. The highest BCUT2D eigenvalue weighted by molar-refractivity contribution is 5.93. The van der Waals surface area contributed by atoms with E-state index >= 15 is 0 Å². The van der Waals surface area contributed by atoms with Gasteiger partial charge in [-0.2, -0.15) is 13.2 Å². The van der Waals surface area contributed by atoms with Crippen molar-refractivity contribution in [1.82, 2.24) is 9.88 Å². The molecule has 8 heteroatoms. The minimum absolute atomic E-state index is 0.00677. The van der Waals surface area contributed by atoms with Crippen molar-refractivity contribution in [3.63, 3.8) is 0 Å². The third kappa shape index (κ3) is 3.37. The molecular weight excluding hydrogens is 289 g/mol. The van der Waals surface area contributed by atoms with E-state index in [4.69, 9.17) is 0 Å². The molecule has 2 amide bonds. The summed E-state index contributed by atoms with van der Waals surface area (Å²) in [5.41, 5.74) is 0.590. The van der Waals surface area contributed by atoms with Crippen LogP contribution in [-0.2, 0) is 16.0 Å². The number of nitrogens with one attached hydrogen (secondary N) is 1. The monoisotopic (exact) mass is 304 g/mol. The Morgan fingerprint density at radius 3 is 2.67 bits per heavy atom. The Morgan fingerprint density at radius 2 is 2.19 bits per heavy atom. The number of aromatic amines is 1. The average molecular weight is 304 g/mol. The molecule has 1 saturated heterocycles. The number of carbonyl (C=O) groups is 2. The Hall–Kier alpha value is -1.99. The number of H-pyrrole nitrogens is 1. The van der Waals surface area contributed by atoms with Crippen LogP contribution in [0.1, 0.15) is 30.7 Å². The molecule has 0 spiro atoms. The zero-order chi connectivity index (χ0) is 15.6. The lowest BCUT2D eigenvalue weighted by atomic mass is 10.0. The van der Waals surface area contributed by atoms with Crippen LogP contribution in [-0.4, -0.2) is 41.2 Å². The minimum Gasteiger partial charge on any atom is -0.447 e. The van der Waals surface area contributed by atoms with Gasteiger partial charge in [0.15, 0.2) is 0 Å². The fourth-order valence-electron chi connectivity index (χ4n) is 2.18. The molecule has 0 saturated carbocycles. The molecule has 0 aromatic carbocycles. The summed E-state index contributed by atoms with van der Waals surface area (Å²) in [6.07, 6.45) is -5.71. The summed E-state index contributed by atoms with van der Waals surface area (Å²) < 4.78 is 44.0. The predicted octanol–water partition coefficient (Wildman–Crippen LogP) is 2.59. The molecule has 0 bridgehead atoms. The van der Waals surface area contributed by atoms with Gasteiger partial charge in [-0.25, -0.2) is 9.69 Å². The summed E-state index contributed by atoms with van der Waals surface area (Å²) in [4.78, 5) is 26.5. The van der Waals surface area contributed by atoms with Gasteiger partial charge in [0.25, 0.3) is 0 Å². The Labute approximate surface area is 119 Å². The molecule has 0 aliphatic carbocycles. The van der Waals surface area contributed by atoms with Gasteiger partial charge in [-0.3, -0.25) is 4.79 Å². The number of rotatable bonds is 4. The normalized spacial score (nSPS) is 17.0. The molecule has 2 heterocycles. The predicted molar refractivity (Wildman–Crippen MR) is 66.6 cm³/mol. The molecule has 1 fully saturated rings. The Kier molecular flexibility index (Phi) is 4.24. The summed E-state index contributed by atoms with van der Waals surface area (Å²) in [5, 5.41) is 0. The molecule has 1 atom stereocenters.